The molecular formula is C12H16N2O. The Bertz CT molecular complexity index is 448. The van der Waals surface area contributed by atoms with Crippen LogP contribution in [-0.4, -0.2) is 11.5 Å². The third-order valence-corrected chi connectivity index (χ3v) is 2.38. The van der Waals surface area contributed by atoms with Crippen LogP contribution in [0.25, 0.3) is 11.1 Å². The SMILES string of the molecule is CCNCc1ccc2nc(CC)oc2c1. The second-order valence-corrected chi connectivity index (χ2v) is 3.54. The largest absolute Gasteiger partial charge is 0.441 e. The van der Waals surface area contributed by atoms with Crippen LogP contribution in [0, 0.1) is 0 Å². The molecule has 2 aromatic rings. The van der Waals surface area contributed by atoms with Gasteiger partial charge >= 0.3 is 0 Å². The van der Waals surface area contributed by atoms with E-state index in [0.29, 0.717) is 0 Å². The molecule has 3 nitrogen and oxygen atoms in total. The Morgan fingerprint density at radius 2 is 2.20 bits per heavy atom. The lowest BCUT2D eigenvalue weighted by Gasteiger charge is -2.00. The normalized spacial score (nSPS) is 11.1. The lowest BCUT2D eigenvalue weighted by atomic mass is 10.2. The number of hydrogen-bond acceptors (Lipinski definition) is 3. The van der Waals surface area contributed by atoms with E-state index in [0.717, 1.165) is 36.5 Å². The lowest BCUT2D eigenvalue weighted by molar-refractivity contribution is 0.537. The third kappa shape index (κ3) is 2.18. The highest BCUT2D eigenvalue weighted by Crippen LogP contribution is 2.17. The first kappa shape index (κ1) is 10.2. The van der Waals surface area contributed by atoms with Crippen LogP contribution in [-0.2, 0) is 13.0 Å². The molecule has 0 amide bonds. The van der Waals surface area contributed by atoms with Crippen molar-refractivity contribution in [3.05, 3.63) is 29.7 Å². The number of hydrogen-bond donors (Lipinski definition) is 1. The molecule has 0 atom stereocenters. The van der Waals surface area contributed by atoms with Gasteiger partial charge in [-0.15, -0.1) is 0 Å². The van der Waals surface area contributed by atoms with Crippen molar-refractivity contribution in [2.24, 2.45) is 0 Å². The van der Waals surface area contributed by atoms with Crippen molar-refractivity contribution >= 4 is 11.1 Å². The van der Waals surface area contributed by atoms with Gasteiger partial charge in [-0.25, -0.2) is 4.98 Å². The molecule has 1 aromatic carbocycles. The van der Waals surface area contributed by atoms with E-state index in [2.05, 4.69) is 29.4 Å². The fourth-order valence-corrected chi connectivity index (χ4v) is 1.55. The van der Waals surface area contributed by atoms with Crippen LogP contribution < -0.4 is 5.32 Å². The Kier molecular flexibility index (Phi) is 3.02. The summed E-state index contributed by atoms with van der Waals surface area (Å²) in [6, 6.07) is 6.17. The molecule has 2 rings (SSSR count). The monoisotopic (exact) mass is 204 g/mol. The summed E-state index contributed by atoms with van der Waals surface area (Å²) in [6.45, 7) is 6.01. The van der Waals surface area contributed by atoms with Gasteiger partial charge in [0.2, 0.25) is 0 Å². The molecular weight excluding hydrogens is 188 g/mol. The summed E-state index contributed by atoms with van der Waals surface area (Å²) in [5.74, 6) is 0.811. The lowest BCUT2D eigenvalue weighted by Crippen LogP contribution is -2.11. The van der Waals surface area contributed by atoms with Gasteiger partial charge in [0.1, 0.15) is 5.52 Å². The van der Waals surface area contributed by atoms with Crippen LogP contribution >= 0.6 is 0 Å². The van der Waals surface area contributed by atoms with Gasteiger partial charge in [-0.2, -0.15) is 0 Å². The van der Waals surface area contributed by atoms with Gasteiger partial charge in [0.25, 0.3) is 0 Å². The maximum Gasteiger partial charge on any atom is 0.195 e. The number of nitrogens with zero attached hydrogens (tertiary/aromatic N) is 1. The summed E-state index contributed by atoms with van der Waals surface area (Å²) >= 11 is 0. The summed E-state index contributed by atoms with van der Waals surface area (Å²) in [6.07, 6.45) is 0.844. The first-order valence-electron chi connectivity index (χ1n) is 5.42. The van der Waals surface area contributed by atoms with Gasteiger partial charge in [0, 0.05) is 13.0 Å². The topological polar surface area (TPSA) is 38.1 Å². The zero-order chi connectivity index (χ0) is 10.7. The molecule has 0 radical (unpaired) electrons. The summed E-state index contributed by atoms with van der Waals surface area (Å²) in [5.41, 5.74) is 3.08. The number of nitrogens with one attached hydrogen (secondary N) is 1. The van der Waals surface area contributed by atoms with Gasteiger partial charge in [-0.05, 0) is 24.2 Å². The second-order valence-electron chi connectivity index (χ2n) is 3.54. The van der Waals surface area contributed by atoms with Crippen molar-refractivity contribution in [1.82, 2.24) is 10.3 Å². The highest BCUT2D eigenvalue weighted by atomic mass is 16.3. The van der Waals surface area contributed by atoms with Crippen LogP contribution in [0.15, 0.2) is 22.6 Å². The summed E-state index contributed by atoms with van der Waals surface area (Å²) < 4.78 is 5.60. The first-order valence-corrected chi connectivity index (χ1v) is 5.42. The Hall–Kier alpha value is -1.35. The van der Waals surface area contributed by atoms with Gasteiger partial charge in [-0.1, -0.05) is 19.9 Å². The zero-order valence-corrected chi connectivity index (χ0v) is 9.21. The molecule has 0 bridgehead atoms. The number of fused-ring (bicyclic) bond motifs is 1. The summed E-state index contributed by atoms with van der Waals surface area (Å²) in [5, 5.41) is 3.29. The number of benzene rings is 1. The van der Waals surface area contributed by atoms with Crippen LogP contribution in [0.1, 0.15) is 25.3 Å². The molecule has 3 heteroatoms. The Balaban J connectivity index is 2.29. The number of oxazole rings is 1. The highest BCUT2D eigenvalue weighted by molar-refractivity contribution is 5.73. The number of rotatable bonds is 4. The van der Waals surface area contributed by atoms with Crippen LogP contribution in [0.4, 0.5) is 0 Å². The van der Waals surface area contributed by atoms with E-state index in [1.807, 2.05) is 13.0 Å². The average molecular weight is 204 g/mol. The van der Waals surface area contributed by atoms with E-state index >= 15 is 0 Å². The predicted octanol–water partition coefficient (Wildman–Crippen LogP) is 2.50. The molecule has 0 spiro atoms. The minimum Gasteiger partial charge on any atom is -0.441 e. The minimum absolute atomic E-state index is 0.811. The Morgan fingerprint density at radius 1 is 1.33 bits per heavy atom. The van der Waals surface area contributed by atoms with E-state index in [1.54, 1.807) is 0 Å². The van der Waals surface area contributed by atoms with Crippen LogP contribution in [0.3, 0.4) is 0 Å². The molecule has 0 saturated heterocycles. The van der Waals surface area contributed by atoms with Crippen molar-refractivity contribution in [2.45, 2.75) is 26.8 Å². The first-order chi connectivity index (χ1) is 7.33. The molecule has 15 heavy (non-hydrogen) atoms. The van der Waals surface area contributed by atoms with Gasteiger partial charge in [0.15, 0.2) is 11.5 Å². The quantitative estimate of drug-likeness (QED) is 0.831. The average Bonchev–Trinajstić information content (AvgIpc) is 2.68. The van der Waals surface area contributed by atoms with Crippen LogP contribution in [0.5, 0.6) is 0 Å². The van der Waals surface area contributed by atoms with Crippen molar-refractivity contribution < 1.29 is 4.42 Å². The maximum atomic E-state index is 5.60. The van der Waals surface area contributed by atoms with Crippen molar-refractivity contribution in [3.63, 3.8) is 0 Å². The molecule has 1 N–H and O–H groups in total. The molecule has 80 valence electrons. The fraction of sp³-hybridized carbons (Fsp3) is 0.417. The fourth-order valence-electron chi connectivity index (χ4n) is 1.55. The molecule has 0 aliphatic carbocycles. The molecule has 0 saturated carbocycles. The maximum absolute atomic E-state index is 5.60. The van der Waals surface area contributed by atoms with E-state index < -0.39 is 0 Å². The molecule has 0 unspecified atom stereocenters. The third-order valence-electron chi connectivity index (χ3n) is 2.38. The molecule has 0 fully saturated rings. The van der Waals surface area contributed by atoms with Gasteiger partial charge < -0.3 is 9.73 Å². The Labute approximate surface area is 89.5 Å². The predicted molar refractivity (Wildman–Crippen MR) is 60.8 cm³/mol. The molecule has 1 heterocycles. The summed E-state index contributed by atoms with van der Waals surface area (Å²) in [4.78, 5) is 4.37. The molecule has 1 aromatic heterocycles. The van der Waals surface area contributed by atoms with Crippen molar-refractivity contribution in [3.8, 4) is 0 Å². The van der Waals surface area contributed by atoms with Crippen molar-refractivity contribution in [1.29, 1.82) is 0 Å². The van der Waals surface area contributed by atoms with Gasteiger partial charge in [0.05, 0.1) is 0 Å². The molecule has 0 aliphatic heterocycles. The molecule has 0 aliphatic rings. The highest BCUT2D eigenvalue weighted by Gasteiger charge is 2.04. The van der Waals surface area contributed by atoms with E-state index in [1.165, 1.54) is 5.56 Å². The summed E-state index contributed by atoms with van der Waals surface area (Å²) in [7, 11) is 0. The number of aromatic nitrogens is 1. The minimum atomic E-state index is 0.811. The standard InChI is InChI=1S/C12H16N2O/c1-3-12-14-10-6-5-9(8-13-4-2)7-11(10)15-12/h5-7,13H,3-4,8H2,1-2H3. The van der Waals surface area contributed by atoms with E-state index in [9.17, 15) is 0 Å². The van der Waals surface area contributed by atoms with Crippen molar-refractivity contribution in [2.75, 3.05) is 6.54 Å². The second kappa shape index (κ2) is 4.45. The van der Waals surface area contributed by atoms with Gasteiger partial charge in [-0.3, -0.25) is 0 Å². The zero-order valence-electron chi connectivity index (χ0n) is 9.21. The Morgan fingerprint density at radius 3 is 2.93 bits per heavy atom. The smallest absolute Gasteiger partial charge is 0.195 e. The number of aryl methyl sites for hydroxylation is 1. The van der Waals surface area contributed by atoms with E-state index in [4.69, 9.17) is 4.42 Å². The van der Waals surface area contributed by atoms with Crippen LogP contribution in [0.2, 0.25) is 0 Å². The van der Waals surface area contributed by atoms with E-state index in [-0.39, 0.29) is 0 Å².